The maximum atomic E-state index is 12.5. The molecule has 2 saturated heterocycles. The van der Waals surface area contributed by atoms with E-state index in [1.807, 2.05) is 0 Å². The Labute approximate surface area is 301 Å². The van der Waals surface area contributed by atoms with Crippen LogP contribution in [0.4, 0.5) is 0 Å². The van der Waals surface area contributed by atoms with Crippen LogP contribution in [-0.4, -0.2) is 86.0 Å². The fourth-order valence-corrected chi connectivity index (χ4v) is 9.34. The number of aliphatic hydroxyl groups is 1. The smallest absolute Gasteiger partial charge is 0.0728 e. The van der Waals surface area contributed by atoms with Gasteiger partial charge < -0.3 is 25.5 Å². The van der Waals surface area contributed by atoms with Crippen LogP contribution in [0.2, 0.25) is 0 Å². The Morgan fingerprint density at radius 3 is 1.57 bits per heavy atom. The number of rotatable bonds is 10. The maximum absolute atomic E-state index is 12.5. The molecule has 3 aliphatic rings. The molecule has 2 aromatic carbocycles. The summed E-state index contributed by atoms with van der Waals surface area (Å²) >= 11 is 3.50. The standard InChI is InChI=1S/C38H48N4OS2.2ClH/c43-38(37(26-42-21-17-40-18-22-42)33-7-3-30(4-8-33)35-12-24-45-28-35)13-9-32(10-14-38)36(25-41-19-15-39-16-20-41)31-5-1-29(2-6-31)34-11-23-44-27-34;;/h1-8,11-12,23-24,27-28,32,36-37,39-40,43H,9-10,13-22,25-26H2;2*1H. The average Bonchev–Trinajstić information content (AvgIpc) is 3.84. The van der Waals surface area contributed by atoms with Gasteiger partial charge in [0.05, 0.1) is 5.60 Å². The summed E-state index contributed by atoms with van der Waals surface area (Å²) in [7, 11) is 0. The Hall–Kier alpha value is -1.78. The molecule has 2 aromatic heterocycles. The number of thiophene rings is 2. The summed E-state index contributed by atoms with van der Waals surface area (Å²) in [5.74, 6) is 1.18. The van der Waals surface area contributed by atoms with Crippen molar-refractivity contribution in [2.75, 3.05) is 65.4 Å². The Kier molecular flexibility index (Phi) is 13.4. The van der Waals surface area contributed by atoms with Gasteiger partial charge in [-0.05, 0) is 105 Å². The molecule has 47 heavy (non-hydrogen) atoms. The van der Waals surface area contributed by atoms with E-state index < -0.39 is 5.60 Å². The van der Waals surface area contributed by atoms with Crippen LogP contribution in [0.3, 0.4) is 0 Å². The highest BCUT2D eigenvalue weighted by molar-refractivity contribution is 7.08. The quantitative estimate of drug-likeness (QED) is 0.158. The summed E-state index contributed by atoms with van der Waals surface area (Å²) in [4.78, 5) is 5.23. The van der Waals surface area contributed by atoms with Crippen LogP contribution in [0.1, 0.15) is 48.6 Å². The molecule has 2 unspecified atom stereocenters. The van der Waals surface area contributed by atoms with Crippen LogP contribution in [0, 0.1) is 5.92 Å². The van der Waals surface area contributed by atoms with Gasteiger partial charge in [0.25, 0.3) is 0 Å². The zero-order chi connectivity index (χ0) is 30.5. The molecule has 9 heteroatoms. The molecule has 2 aliphatic heterocycles. The summed E-state index contributed by atoms with van der Waals surface area (Å²) in [6, 6.07) is 23.0. The molecule has 0 amide bonds. The highest BCUT2D eigenvalue weighted by Crippen LogP contribution is 2.47. The highest BCUT2D eigenvalue weighted by Gasteiger charge is 2.43. The van der Waals surface area contributed by atoms with Crippen molar-refractivity contribution in [3.8, 4) is 22.3 Å². The third-order valence-corrected chi connectivity index (χ3v) is 12.2. The van der Waals surface area contributed by atoms with E-state index in [0.29, 0.717) is 11.8 Å². The van der Waals surface area contributed by atoms with Crippen molar-refractivity contribution in [1.29, 1.82) is 0 Å². The van der Waals surface area contributed by atoms with Gasteiger partial charge in [0.1, 0.15) is 0 Å². The Bertz CT molecular complexity index is 1450. The number of nitrogens with zero attached hydrogens (tertiary/aromatic N) is 2. The van der Waals surface area contributed by atoms with Crippen molar-refractivity contribution in [1.82, 2.24) is 20.4 Å². The number of piperazine rings is 2. The zero-order valence-electron chi connectivity index (χ0n) is 27.2. The van der Waals surface area contributed by atoms with Gasteiger partial charge in [-0.2, -0.15) is 22.7 Å². The second-order valence-electron chi connectivity index (χ2n) is 13.5. The van der Waals surface area contributed by atoms with Gasteiger partial charge in [-0.3, -0.25) is 0 Å². The number of hydrogen-bond acceptors (Lipinski definition) is 7. The topological polar surface area (TPSA) is 50.8 Å². The van der Waals surface area contributed by atoms with E-state index in [1.165, 1.54) is 33.4 Å². The van der Waals surface area contributed by atoms with Crippen LogP contribution in [0.5, 0.6) is 0 Å². The lowest BCUT2D eigenvalue weighted by atomic mass is 9.66. The minimum absolute atomic E-state index is 0. The van der Waals surface area contributed by atoms with Crippen molar-refractivity contribution in [2.24, 2.45) is 5.92 Å². The van der Waals surface area contributed by atoms with Crippen LogP contribution in [-0.2, 0) is 0 Å². The van der Waals surface area contributed by atoms with E-state index in [-0.39, 0.29) is 30.7 Å². The van der Waals surface area contributed by atoms with Crippen LogP contribution >= 0.6 is 47.5 Å². The molecule has 3 N–H and O–H groups in total. The molecule has 4 aromatic rings. The lowest BCUT2D eigenvalue weighted by molar-refractivity contribution is -0.0459. The maximum Gasteiger partial charge on any atom is 0.0728 e. The molecule has 7 rings (SSSR count). The third-order valence-electron chi connectivity index (χ3n) is 10.8. The molecular formula is C38H50Cl2N4OS2. The number of benzene rings is 2. The molecule has 1 aliphatic carbocycles. The lowest BCUT2D eigenvalue weighted by Crippen LogP contribution is -2.50. The molecule has 0 spiro atoms. The summed E-state index contributed by atoms with van der Waals surface area (Å²) in [5, 5.41) is 28.3. The molecule has 4 heterocycles. The molecule has 254 valence electrons. The van der Waals surface area contributed by atoms with E-state index in [0.717, 1.165) is 91.1 Å². The van der Waals surface area contributed by atoms with Crippen LogP contribution < -0.4 is 10.6 Å². The molecule has 3 fully saturated rings. The van der Waals surface area contributed by atoms with Gasteiger partial charge >= 0.3 is 0 Å². The fraction of sp³-hybridized carbons (Fsp3) is 0.474. The number of halogens is 2. The molecule has 5 nitrogen and oxygen atoms in total. The van der Waals surface area contributed by atoms with Gasteiger partial charge in [0.2, 0.25) is 0 Å². The largest absolute Gasteiger partial charge is 0.389 e. The summed E-state index contributed by atoms with van der Waals surface area (Å²) in [6.45, 7) is 10.6. The van der Waals surface area contributed by atoms with Gasteiger partial charge in [-0.15, -0.1) is 24.8 Å². The van der Waals surface area contributed by atoms with Gasteiger partial charge in [0.15, 0.2) is 0 Å². The van der Waals surface area contributed by atoms with Crippen molar-refractivity contribution >= 4 is 47.5 Å². The predicted molar refractivity (Wildman–Crippen MR) is 205 cm³/mol. The first kappa shape index (κ1) is 36.5. The Balaban J connectivity index is 0.00000217. The molecule has 0 radical (unpaired) electrons. The molecule has 0 bridgehead atoms. The van der Waals surface area contributed by atoms with E-state index in [9.17, 15) is 5.11 Å². The van der Waals surface area contributed by atoms with Crippen molar-refractivity contribution in [3.05, 3.63) is 93.3 Å². The van der Waals surface area contributed by atoms with Gasteiger partial charge in [-0.25, -0.2) is 0 Å². The summed E-state index contributed by atoms with van der Waals surface area (Å²) in [6.07, 6.45) is 3.88. The first-order chi connectivity index (χ1) is 22.1. The second kappa shape index (κ2) is 17.2. The monoisotopic (exact) mass is 712 g/mol. The van der Waals surface area contributed by atoms with E-state index in [2.05, 4.69) is 103 Å². The Morgan fingerprint density at radius 2 is 1.11 bits per heavy atom. The van der Waals surface area contributed by atoms with Gasteiger partial charge in [0, 0.05) is 71.4 Å². The van der Waals surface area contributed by atoms with E-state index in [1.54, 1.807) is 22.7 Å². The highest BCUT2D eigenvalue weighted by atomic mass is 35.5. The minimum atomic E-state index is -0.687. The Morgan fingerprint density at radius 1 is 0.638 bits per heavy atom. The first-order valence-corrected chi connectivity index (χ1v) is 18.9. The van der Waals surface area contributed by atoms with Gasteiger partial charge in [-0.1, -0.05) is 48.5 Å². The average molecular weight is 714 g/mol. The molecule has 1 saturated carbocycles. The van der Waals surface area contributed by atoms with Crippen molar-refractivity contribution < 1.29 is 5.11 Å². The SMILES string of the molecule is Cl.Cl.OC1(C(CN2CCNCC2)c2ccc(-c3ccsc3)cc2)CCC(C(CN2CCNCC2)c2ccc(-c3ccsc3)cc2)CC1. The number of hydrogen-bond donors (Lipinski definition) is 3. The van der Waals surface area contributed by atoms with Crippen molar-refractivity contribution in [3.63, 3.8) is 0 Å². The zero-order valence-corrected chi connectivity index (χ0v) is 30.5. The third kappa shape index (κ3) is 8.88. The minimum Gasteiger partial charge on any atom is -0.389 e. The fourth-order valence-electron chi connectivity index (χ4n) is 8.01. The number of nitrogens with one attached hydrogen (secondary N) is 2. The first-order valence-electron chi connectivity index (χ1n) is 17.0. The lowest BCUT2D eigenvalue weighted by Gasteiger charge is -2.46. The normalized spacial score (nSPS) is 23.7. The van der Waals surface area contributed by atoms with Crippen LogP contribution in [0.25, 0.3) is 22.3 Å². The van der Waals surface area contributed by atoms with Crippen molar-refractivity contribution in [2.45, 2.75) is 43.1 Å². The summed E-state index contributed by atoms with van der Waals surface area (Å²) in [5.41, 5.74) is 7.22. The molecule has 2 atom stereocenters. The summed E-state index contributed by atoms with van der Waals surface area (Å²) < 4.78 is 0. The predicted octanol–water partition coefficient (Wildman–Crippen LogP) is 7.59. The van der Waals surface area contributed by atoms with Crippen LogP contribution in [0.15, 0.2) is 82.2 Å². The van der Waals surface area contributed by atoms with E-state index >= 15 is 0 Å². The second-order valence-corrected chi connectivity index (χ2v) is 15.0. The molecular weight excluding hydrogens is 663 g/mol. The van der Waals surface area contributed by atoms with E-state index in [4.69, 9.17) is 0 Å².